The Morgan fingerprint density at radius 3 is 2.94 bits per heavy atom. The van der Waals surface area contributed by atoms with E-state index < -0.39 is 0 Å². The smallest absolute Gasteiger partial charge is 0.0469 e. The highest BCUT2D eigenvalue weighted by atomic mass is 16.5. The second kappa shape index (κ2) is 6.95. The van der Waals surface area contributed by atoms with Gasteiger partial charge in [0.1, 0.15) is 0 Å². The molecule has 18 heavy (non-hydrogen) atoms. The van der Waals surface area contributed by atoms with Gasteiger partial charge < -0.3 is 14.6 Å². The summed E-state index contributed by atoms with van der Waals surface area (Å²) in [6.45, 7) is 8.49. The maximum absolute atomic E-state index is 5.41. The maximum Gasteiger partial charge on any atom is 0.0469 e. The third-order valence-electron chi connectivity index (χ3n) is 3.89. The van der Waals surface area contributed by atoms with Crippen molar-refractivity contribution >= 4 is 0 Å². The molecule has 1 aromatic rings. The van der Waals surface area contributed by atoms with Gasteiger partial charge in [-0.1, -0.05) is 6.92 Å². The van der Waals surface area contributed by atoms with Gasteiger partial charge in [-0.2, -0.15) is 0 Å². The highest BCUT2D eigenvalue weighted by Gasteiger charge is 2.19. The lowest BCUT2D eigenvalue weighted by atomic mass is 9.93. The Morgan fingerprint density at radius 2 is 2.22 bits per heavy atom. The van der Waals surface area contributed by atoms with Gasteiger partial charge in [-0.15, -0.1) is 0 Å². The summed E-state index contributed by atoms with van der Waals surface area (Å²) in [5, 5.41) is 3.66. The van der Waals surface area contributed by atoms with Gasteiger partial charge in [0.15, 0.2) is 0 Å². The zero-order valence-corrected chi connectivity index (χ0v) is 11.7. The Bertz CT molecular complexity index is 342. The van der Waals surface area contributed by atoms with Gasteiger partial charge in [0.05, 0.1) is 0 Å². The van der Waals surface area contributed by atoms with Crippen molar-refractivity contribution in [1.29, 1.82) is 0 Å². The molecule has 3 heteroatoms. The molecular formula is C15H26N2O. The molecule has 0 amide bonds. The Balaban J connectivity index is 1.75. The van der Waals surface area contributed by atoms with Crippen molar-refractivity contribution < 1.29 is 4.74 Å². The van der Waals surface area contributed by atoms with Gasteiger partial charge in [-0.25, -0.2) is 0 Å². The summed E-state index contributed by atoms with van der Waals surface area (Å²) >= 11 is 0. The first kappa shape index (κ1) is 13.6. The van der Waals surface area contributed by atoms with E-state index in [9.17, 15) is 0 Å². The minimum atomic E-state index is 0.587. The average molecular weight is 250 g/mol. The zero-order chi connectivity index (χ0) is 12.8. The van der Waals surface area contributed by atoms with E-state index in [1.54, 1.807) is 0 Å². The molecule has 0 radical (unpaired) electrons. The quantitative estimate of drug-likeness (QED) is 0.840. The third-order valence-corrected chi connectivity index (χ3v) is 3.89. The van der Waals surface area contributed by atoms with Crippen molar-refractivity contribution in [2.75, 3.05) is 13.2 Å². The molecular weight excluding hydrogens is 224 g/mol. The van der Waals surface area contributed by atoms with E-state index in [0.717, 1.165) is 32.2 Å². The molecule has 0 aliphatic carbocycles. The molecule has 1 aliphatic heterocycles. The van der Waals surface area contributed by atoms with E-state index in [1.165, 1.54) is 24.8 Å². The predicted molar refractivity (Wildman–Crippen MR) is 74.6 cm³/mol. The summed E-state index contributed by atoms with van der Waals surface area (Å²) in [6, 6.07) is 2.81. The second-order valence-corrected chi connectivity index (χ2v) is 5.38. The number of aromatic nitrogens is 1. The van der Waals surface area contributed by atoms with Crippen LogP contribution >= 0.6 is 0 Å². The van der Waals surface area contributed by atoms with Crippen LogP contribution < -0.4 is 5.32 Å². The molecule has 1 atom stereocenters. The van der Waals surface area contributed by atoms with Crippen LogP contribution in [0.3, 0.4) is 0 Å². The molecule has 1 fully saturated rings. The summed E-state index contributed by atoms with van der Waals surface area (Å²) in [7, 11) is 0. The Morgan fingerprint density at radius 1 is 1.44 bits per heavy atom. The Labute approximate surface area is 111 Å². The molecule has 0 saturated carbocycles. The molecule has 3 nitrogen and oxygen atoms in total. The van der Waals surface area contributed by atoms with Crippen LogP contribution in [0.4, 0.5) is 0 Å². The second-order valence-electron chi connectivity index (χ2n) is 5.38. The molecule has 0 aromatic carbocycles. The van der Waals surface area contributed by atoms with Gasteiger partial charge >= 0.3 is 0 Å². The summed E-state index contributed by atoms with van der Waals surface area (Å²) in [5.74, 6) is 0.775. The summed E-state index contributed by atoms with van der Waals surface area (Å²) < 4.78 is 7.69. The number of ether oxygens (including phenoxy) is 1. The van der Waals surface area contributed by atoms with Gasteiger partial charge in [-0.05, 0) is 43.7 Å². The number of nitrogens with zero attached hydrogens (tertiary/aromatic N) is 1. The Kier molecular flexibility index (Phi) is 5.26. The van der Waals surface area contributed by atoms with Crippen molar-refractivity contribution in [3.05, 3.63) is 24.0 Å². The first-order valence-electron chi connectivity index (χ1n) is 7.25. The standard InChI is InChI=1S/C15H26N2O/c1-3-7-17-8-4-14(12-17)11-16-13(2)15-5-9-18-10-6-15/h4,8,12-13,15-16H,3,5-7,9-11H2,1-2H3. The number of hydrogen-bond donors (Lipinski definition) is 1. The molecule has 1 saturated heterocycles. The van der Waals surface area contributed by atoms with E-state index in [1.807, 2.05) is 0 Å². The normalized spacial score (nSPS) is 19.0. The van der Waals surface area contributed by atoms with Gasteiger partial charge in [0.25, 0.3) is 0 Å². The van der Waals surface area contributed by atoms with Gasteiger partial charge in [-0.3, -0.25) is 0 Å². The van der Waals surface area contributed by atoms with Crippen LogP contribution in [0, 0.1) is 5.92 Å². The molecule has 2 heterocycles. The largest absolute Gasteiger partial charge is 0.381 e. The fourth-order valence-electron chi connectivity index (χ4n) is 2.65. The van der Waals surface area contributed by atoms with Crippen LogP contribution in [0.2, 0.25) is 0 Å². The molecule has 2 rings (SSSR count). The predicted octanol–water partition coefficient (Wildman–Crippen LogP) is 2.80. The van der Waals surface area contributed by atoms with E-state index >= 15 is 0 Å². The van der Waals surface area contributed by atoms with Gasteiger partial charge in [0, 0.05) is 44.7 Å². The first-order chi connectivity index (χ1) is 8.79. The van der Waals surface area contributed by atoms with Crippen LogP contribution in [0.5, 0.6) is 0 Å². The lowest BCUT2D eigenvalue weighted by molar-refractivity contribution is 0.0558. The van der Waals surface area contributed by atoms with Crippen LogP contribution in [0.25, 0.3) is 0 Å². The van der Waals surface area contributed by atoms with Crippen molar-refractivity contribution in [2.24, 2.45) is 5.92 Å². The number of hydrogen-bond acceptors (Lipinski definition) is 2. The monoisotopic (exact) mass is 250 g/mol. The highest BCUT2D eigenvalue weighted by molar-refractivity contribution is 5.10. The summed E-state index contributed by atoms with van der Waals surface area (Å²) in [6.07, 6.45) is 8.03. The van der Waals surface area contributed by atoms with Crippen LogP contribution in [0.15, 0.2) is 18.5 Å². The van der Waals surface area contributed by atoms with Crippen LogP contribution in [-0.2, 0) is 17.8 Å². The SMILES string of the molecule is CCCn1ccc(CNC(C)C2CCOCC2)c1. The highest BCUT2D eigenvalue weighted by Crippen LogP contribution is 2.18. The molecule has 1 N–H and O–H groups in total. The molecule has 0 spiro atoms. The van der Waals surface area contributed by atoms with E-state index in [-0.39, 0.29) is 0 Å². The molecule has 102 valence electrons. The summed E-state index contributed by atoms with van der Waals surface area (Å²) in [4.78, 5) is 0. The topological polar surface area (TPSA) is 26.2 Å². The van der Waals surface area contributed by atoms with Crippen molar-refractivity contribution in [2.45, 2.75) is 52.2 Å². The molecule has 0 bridgehead atoms. The van der Waals surface area contributed by atoms with Crippen LogP contribution in [-0.4, -0.2) is 23.8 Å². The fourth-order valence-corrected chi connectivity index (χ4v) is 2.65. The minimum absolute atomic E-state index is 0.587. The number of nitrogens with one attached hydrogen (secondary N) is 1. The molecule has 1 aromatic heterocycles. The number of rotatable bonds is 6. The van der Waals surface area contributed by atoms with Crippen molar-refractivity contribution in [1.82, 2.24) is 9.88 Å². The fraction of sp³-hybridized carbons (Fsp3) is 0.733. The van der Waals surface area contributed by atoms with E-state index in [0.29, 0.717) is 6.04 Å². The van der Waals surface area contributed by atoms with Crippen molar-refractivity contribution in [3.63, 3.8) is 0 Å². The Hall–Kier alpha value is -0.800. The first-order valence-corrected chi connectivity index (χ1v) is 7.25. The molecule has 1 unspecified atom stereocenters. The number of aryl methyl sites for hydroxylation is 1. The molecule has 1 aliphatic rings. The average Bonchev–Trinajstić information content (AvgIpc) is 2.85. The van der Waals surface area contributed by atoms with Crippen LogP contribution in [0.1, 0.15) is 38.7 Å². The maximum atomic E-state index is 5.41. The minimum Gasteiger partial charge on any atom is -0.381 e. The summed E-state index contributed by atoms with van der Waals surface area (Å²) in [5.41, 5.74) is 1.39. The van der Waals surface area contributed by atoms with Gasteiger partial charge in [0.2, 0.25) is 0 Å². The zero-order valence-electron chi connectivity index (χ0n) is 11.7. The van der Waals surface area contributed by atoms with E-state index in [4.69, 9.17) is 4.74 Å². The lowest BCUT2D eigenvalue weighted by Gasteiger charge is -2.28. The lowest BCUT2D eigenvalue weighted by Crippen LogP contribution is -2.36. The third kappa shape index (κ3) is 3.85. The van der Waals surface area contributed by atoms with Crippen molar-refractivity contribution in [3.8, 4) is 0 Å². The van der Waals surface area contributed by atoms with E-state index in [2.05, 4.69) is 42.2 Å².